The third kappa shape index (κ3) is 10.3. The Bertz CT molecular complexity index is 1340. The number of amides is 2. The van der Waals surface area contributed by atoms with E-state index in [-0.39, 0.29) is 30.1 Å². The molecule has 14 heteroatoms. The quantitative estimate of drug-likeness (QED) is 0.195. The Morgan fingerprint density at radius 3 is 2.46 bits per heavy atom. The van der Waals surface area contributed by atoms with Crippen molar-refractivity contribution < 1.29 is 23.5 Å². The van der Waals surface area contributed by atoms with Gasteiger partial charge in [-0.15, -0.1) is 6.58 Å². The third-order valence-electron chi connectivity index (χ3n) is 5.92. The lowest BCUT2D eigenvalue weighted by Gasteiger charge is -2.43. The Morgan fingerprint density at radius 1 is 1.26 bits per heavy atom. The second kappa shape index (κ2) is 17.1. The number of halogens is 1. The molecule has 1 aliphatic rings. The summed E-state index contributed by atoms with van der Waals surface area (Å²) in [5.41, 5.74) is 1.21. The van der Waals surface area contributed by atoms with E-state index in [1.165, 1.54) is 35.0 Å². The van der Waals surface area contributed by atoms with Crippen LogP contribution in [0.3, 0.4) is 0 Å². The van der Waals surface area contributed by atoms with Crippen LogP contribution in [0.25, 0.3) is 0 Å². The van der Waals surface area contributed by atoms with Crippen LogP contribution in [0.4, 0.5) is 9.18 Å². The number of ketones is 1. The van der Waals surface area contributed by atoms with Gasteiger partial charge in [0.05, 0.1) is 12.6 Å². The first kappa shape index (κ1) is 33.4. The van der Waals surface area contributed by atoms with E-state index in [2.05, 4.69) is 34.9 Å². The first-order valence-corrected chi connectivity index (χ1v) is 20.1. The van der Waals surface area contributed by atoms with E-state index in [9.17, 15) is 18.8 Å². The smallest absolute Gasteiger partial charge is 0.411 e. The lowest BCUT2D eigenvalue weighted by atomic mass is 9.85. The number of nitrogens with zero attached hydrogens (tertiary/aromatic N) is 1. The van der Waals surface area contributed by atoms with E-state index in [1.54, 1.807) is 65.8 Å². The van der Waals surface area contributed by atoms with Gasteiger partial charge in [0.2, 0.25) is 5.91 Å². The summed E-state index contributed by atoms with van der Waals surface area (Å²) < 4.78 is 19.3. The number of ether oxygens (including phenoxy) is 1. The molecule has 2 atom stereocenters. The van der Waals surface area contributed by atoms with Crippen molar-refractivity contribution in [3.63, 3.8) is 0 Å². The van der Waals surface area contributed by atoms with Gasteiger partial charge >= 0.3 is 6.09 Å². The molecule has 6 nitrogen and oxygen atoms in total. The van der Waals surface area contributed by atoms with E-state index < -0.39 is 11.7 Å². The number of carbonyl (C=O) groups excluding carboxylic acids is 3. The van der Waals surface area contributed by atoms with Crippen LogP contribution in [0.15, 0.2) is 61.2 Å². The fourth-order valence-electron chi connectivity index (χ4n) is 3.95. The predicted molar refractivity (Wildman–Crippen MR) is 169 cm³/mol. The summed E-state index contributed by atoms with van der Waals surface area (Å²) in [5.74, 6) is -0.801. The SMILES string of the molecule is C=CC[C@]1(c2ccc(F)cc2)CCN([C@@H](C)c2ccc(C(=O)CNC(C)=O)cc2)C(=O)O1.S=PP=S=S=S=S. The minimum Gasteiger partial charge on any atom is -0.437 e. The summed E-state index contributed by atoms with van der Waals surface area (Å²) in [7, 11) is 6.83. The van der Waals surface area contributed by atoms with Gasteiger partial charge in [-0.25, -0.2) is 9.18 Å². The first-order valence-electron chi connectivity index (χ1n) is 11.6. The number of nitrogens with one attached hydrogen (secondary N) is 1. The maximum Gasteiger partial charge on any atom is 0.411 e. The second-order valence-electron chi connectivity index (χ2n) is 8.31. The Balaban J connectivity index is 0.000000673. The molecule has 0 aliphatic carbocycles. The molecule has 0 saturated carbocycles. The zero-order valence-electron chi connectivity index (χ0n) is 21.2. The number of hydrogen-bond donors (Lipinski definition) is 1. The molecule has 0 spiro atoms. The fourth-order valence-corrected chi connectivity index (χ4v) is 13.5. The second-order valence-corrected chi connectivity index (χ2v) is 18.0. The molecule has 39 heavy (non-hydrogen) atoms. The highest BCUT2D eigenvalue weighted by atomic mass is 33.3. The van der Waals surface area contributed by atoms with E-state index >= 15 is 0 Å². The van der Waals surface area contributed by atoms with Crippen LogP contribution in [-0.4, -0.2) is 35.8 Å². The molecule has 1 N–H and O–H groups in total. The molecule has 1 aliphatic heterocycles. The standard InChI is InChI=1S/C25H27FN2O4.P2S5/c1-4-13-25(21-9-11-22(26)12-10-21)14-15-28(24(31)32-25)17(2)19-5-7-20(8-6-19)23(30)16-27-18(3)29;3-1-2-5-7-6-4/h4-12,17H,1,13-16H2,2-3H3,(H,27,29);/t17-,25+;/m0./s1. The highest BCUT2D eigenvalue weighted by Crippen LogP contribution is 2.39. The predicted octanol–water partition coefficient (Wildman–Crippen LogP) is 6.23. The van der Waals surface area contributed by atoms with Gasteiger partial charge < -0.3 is 15.0 Å². The molecule has 3 rings (SSSR count). The number of hydrogen-bond acceptors (Lipinski definition) is 6. The largest absolute Gasteiger partial charge is 0.437 e. The summed E-state index contributed by atoms with van der Waals surface area (Å²) in [5, 5.41) is 2.49. The van der Waals surface area contributed by atoms with Gasteiger partial charge in [-0.1, -0.05) is 42.5 Å². The summed E-state index contributed by atoms with van der Waals surface area (Å²) in [6, 6.07) is 12.7. The summed E-state index contributed by atoms with van der Waals surface area (Å²) >= 11 is 9.23. The Labute approximate surface area is 249 Å². The summed E-state index contributed by atoms with van der Waals surface area (Å²) in [6.07, 6.45) is 2.21. The molecule has 0 radical (unpaired) electrons. The average Bonchev–Trinajstić information content (AvgIpc) is 2.93. The molecule has 1 saturated heterocycles. The molecule has 0 unspecified atom stereocenters. The average molecular weight is 661 g/mol. The van der Waals surface area contributed by atoms with Gasteiger partial charge in [0.1, 0.15) is 11.4 Å². The summed E-state index contributed by atoms with van der Waals surface area (Å²) in [4.78, 5) is 37.7. The molecule has 2 aromatic rings. The number of cyclic esters (lactones) is 1. The topological polar surface area (TPSA) is 75.7 Å². The van der Waals surface area contributed by atoms with E-state index in [4.69, 9.17) is 4.74 Å². The van der Waals surface area contributed by atoms with Gasteiger partial charge in [0, 0.05) is 46.0 Å². The minimum absolute atomic E-state index is 0.0581. The third-order valence-corrected chi connectivity index (χ3v) is 15.9. The fraction of sp³-hybridized carbons (Fsp3) is 0.320. The molecule has 1 heterocycles. The number of benzene rings is 2. The van der Waals surface area contributed by atoms with Gasteiger partial charge in [-0.2, -0.15) is 0 Å². The molecular formula is C25H27FN2O4P2S5. The zero-order chi connectivity index (χ0) is 28.8. The van der Waals surface area contributed by atoms with Gasteiger partial charge in [-0.05, 0) is 80.4 Å². The minimum atomic E-state index is -0.872. The molecule has 0 aromatic heterocycles. The van der Waals surface area contributed by atoms with Crippen molar-refractivity contribution in [2.24, 2.45) is 0 Å². The maximum atomic E-state index is 13.4. The van der Waals surface area contributed by atoms with Crippen molar-refractivity contribution in [2.75, 3.05) is 13.1 Å². The van der Waals surface area contributed by atoms with Crippen LogP contribution in [0.5, 0.6) is 0 Å². The zero-order valence-corrected chi connectivity index (χ0v) is 27.1. The normalized spacial score (nSPS) is 17.2. The number of carbonyl (C=O) groups is 3. The van der Waals surface area contributed by atoms with Gasteiger partial charge in [0.15, 0.2) is 5.78 Å². The lowest BCUT2D eigenvalue weighted by molar-refractivity contribution is -0.118. The molecule has 208 valence electrons. The van der Waals surface area contributed by atoms with Crippen molar-refractivity contribution in [2.45, 2.75) is 38.3 Å². The van der Waals surface area contributed by atoms with Crippen LogP contribution in [0, 0.1) is 5.82 Å². The van der Waals surface area contributed by atoms with Crippen LogP contribution < -0.4 is 5.32 Å². The first-order chi connectivity index (χ1) is 18.7. The van der Waals surface area contributed by atoms with Crippen LogP contribution >= 0.6 is 14.1 Å². The molecule has 1 fully saturated rings. The van der Waals surface area contributed by atoms with Crippen molar-refractivity contribution in [3.8, 4) is 0 Å². The van der Waals surface area contributed by atoms with Crippen molar-refractivity contribution in [1.82, 2.24) is 10.2 Å². The molecule has 2 aromatic carbocycles. The molecule has 2 amide bonds. The van der Waals surface area contributed by atoms with Crippen LogP contribution in [0.2, 0.25) is 0 Å². The monoisotopic (exact) mass is 660 g/mol. The van der Waals surface area contributed by atoms with Crippen molar-refractivity contribution in [1.29, 1.82) is 0 Å². The number of rotatable bonds is 9. The van der Waals surface area contributed by atoms with Crippen LogP contribution in [-0.2, 0) is 65.4 Å². The maximum absolute atomic E-state index is 13.4. The Kier molecular flexibility index (Phi) is 14.7. The van der Waals surface area contributed by atoms with E-state index in [1.807, 2.05) is 6.92 Å². The van der Waals surface area contributed by atoms with E-state index in [0.29, 0.717) is 24.9 Å². The van der Waals surface area contributed by atoms with Crippen molar-refractivity contribution in [3.05, 3.63) is 83.7 Å². The molecular weight excluding hydrogens is 634 g/mol. The Morgan fingerprint density at radius 2 is 1.92 bits per heavy atom. The molecule has 0 bridgehead atoms. The van der Waals surface area contributed by atoms with Crippen molar-refractivity contribution >= 4 is 82.1 Å². The van der Waals surface area contributed by atoms with Gasteiger partial charge in [0.25, 0.3) is 0 Å². The van der Waals surface area contributed by atoms with Gasteiger partial charge in [-0.3, -0.25) is 9.59 Å². The Hall–Kier alpha value is -1.78. The highest BCUT2D eigenvalue weighted by molar-refractivity contribution is 8.63. The van der Waals surface area contributed by atoms with E-state index in [0.717, 1.165) is 18.2 Å². The highest BCUT2D eigenvalue weighted by Gasteiger charge is 2.42. The van der Waals surface area contributed by atoms with Crippen LogP contribution in [0.1, 0.15) is 54.2 Å². The lowest BCUT2D eigenvalue weighted by Crippen LogP contribution is -2.48. The number of Topliss-reactive ketones (excluding diaryl/α,β-unsaturated/α-hetero) is 1. The summed E-state index contributed by atoms with van der Waals surface area (Å²) in [6.45, 7) is 7.43.